The maximum atomic E-state index is 3.98. The molecule has 0 bridgehead atoms. The summed E-state index contributed by atoms with van der Waals surface area (Å²) >= 11 is 2.07. The van der Waals surface area contributed by atoms with Crippen molar-refractivity contribution in [3.63, 3.8) is 0 Å². The Morgan fingerprint density at radius 2 is 1.65 bits per heavy atom. The van der Waals surface area contributed by atoms with Crippen LogP contribution < -0.4 is 5.32 Å². The first-order chi connectivity index (χ1) is 8.35. The van der Waals surface area contributed by atoms with Crippen molar-refractivity contribution in [2.75, 3.05) is 6.26 Å². The van der Waals surface area contributed by atoms with Crippen LogP contribution in [-0.2, 0) is 0 Å². The highest BCUT2D eigenvalue weighted by molar-refractivity contribution is 7.99. The predicted octanol–water partition coefficient (Wildman–Crippen LogP) is 3.83. The lowest BCUT2D eigenvalue weighted by Gasteiger charge is -2.32. The minimum Gasteiger partial charge on any atom is -0.311 e. The maximum absolute atomic E-state index is 3.98. The molecule has 4 unspecified atom stereocenters. The Balaban J connectivity index is 1.44. The van der Waals surface area contributed by atoms with E-state index < -0.39 is 0 Å². The van der Waals surface area contributed by atoms with Crippen molar-refractivity contribution in [3.05, 3.63) is 0 Å². The Hall–Kier alpha value is 0.310. The van der Waals surface area contributed by atoms with Crippen LogP contribution in [-0.4, -0.2) is 23.6 Å². The third-order valence-corrected chi connectivity index (χ3v) is 6.29. The monoisotopic (exact) mass is 253 g/mol. The van der Waals surface area contributed by atoms with E-state index in [0.29, 0.717) is 0 Å². The fourth-order valence-corrected chi connectivity index (χ4v) is 4.81. The van der Waals surface area contributed by atoms with E-state index in [2.05, 4.69) is 23.3 Å². The van der Waals surface area contributed by atoms with Crippen LogP contribution in [0.15, 0.2) is 0 Å². The van der Waals surface area contributed by atoms with Crippen molar-refractivity contribution in [2.45, 2.75) is 75.1 Å². The molecule has 0 heterocycles. The Morgan fingerprint density at radius 3 is 2.35 bits per heavy atom. The number of thioether (sulfide) groups is 1. The highest BCUT2D eigenvalue weighted by atomic mass is 32.2. The zero-order chi connectivity index (χ0) is 11.7. The Labute approximate surface area is 111 Å². The molecule has 3 aliphatic carbocycles. The molecule has 98 valence electrons. The van der Waals surface area contributed by atoms with E-state index in [1.54, 1.807) is 0 Å². The molecule has 3 rings (SSSR count). The number of hydrogen-bond donors (Lipinski definition) is 1. The van der Waals surface area contributed by atoms with E-state index in [-0.39, 0.29) is 0 Å². The largest absolute Gasteiger partial charge is 0.311 e. The molecule has 0 radical (unpaired) electrons. The van der Waals surface area contributed by atoms with Crippen LogP contribution in [0.1, 0.15) is 57.8 Å². The van der Waals surface area contributed by atoms with Gasteiger partial charge in [0.15, 0.2) is 0 Å². The van der Waals surface area contributed by atoms with Crippen LogP contribution in [0.4, 0.5) is 0 Å². The second kappa shape index (κ2) is 5.52. The van der Waals surface area contributed by atoms with Gasteiger partial charge in [0.05, 0.1) is 0 Å². The fourth-order valence-electron chi connectivity index (χ4n) is 4.01. The van der Waals surface area contributed by atoms with Gasteiger partial charge < -0.3 is 5.32 Å². The van der Waals surface area contributed by atoms with Crippen LogP contribution in [0.2, 0.25) is 0 Å². The molecule has 3 fully saturated rings. The van der Waals surface area contributed by atoms with Crippen LogP contribution in [0, 0.1) is 11.8 Å². The van der Waals surface area contributed by atoms with Gasteiger partial charge in [0.2, 0.25) is 0 Å². The van der Waals surface area contributed by atoms with E-state index in [0.717, 1.165) is 29.2 Å². The summed E-state index contributed by atoms with van der Waals surface area (Å²) in [6.45, 7) is 0. The molecule has 3 saturated carbocycles. The van der Waals surface area contributed by atoms with Gasteiger partial charge in [-0.05, 0) is 63.0 Å². The summed E-state index contributed by atoms with van der Waals surface area (Å²) < 4.78 is 0. The minimum absolute atomic E-state index is 0.843. The second-order valence-corrected chi connectivity index (χ2v) is 7.63. The molecule has 0 spiro atoms. The van der Waals surface area contributed by atoms with Gasteiger partial charge in [0.1, 0.15) is 0 Å². The average molecular weight is 253 g/mol. The molecule has 1 N–H and O–H groups in total. The van der Waals surface area contributed by atoms with Gasteiger partial charge in [-0.1, -0.05) is 12.8 Å². The third kappa shape index (κ3) is 3.20. The second-order valence-electron chi connectivity index (χ2n) is 6.50. The Morgan fingerprint density at radius 1 is 0.824 bits per heavy atom. The Bertz CT molecular complexity index is 251. The summed E-state index contributed by atoms with van der Waals surface area (Å²) in [7, 11) is 0. The molecule has 4 atom stereocenters. The van der Waals surface area contributed by atoms with Gasteiger partial charge in [-0.25, -0.2) is 0 Å². The van der Waals surface area contributed by atoms with E-state index in [1.807, 2.05) is 0 Å². The van der Waals surface area contributed by atoms with E-state index in [4.69, 9.17) is 0 Å². The van der Waals surface area contributed by atoms with Gasteiger partial charge in [-0.3, -0.25) is 0 Å². The first-order valence-corrected chi connectivity index (χ1v) is 8.93. The van der Waals surface area contributed by atoms with E-state index in [9.17, 15) is 0 Å². The smallest absolute Gasteiger partial charge is 0.00805 e. The lowest BCUT2D eigenvalue weighted by atomic mass is 9.82. The first-order valence-electron chi connectivity index (χ1n) is 7.64. The molecule has 0 amide bonds. The maximum Gasteiger partial charge on any atom is 0.00805 e. The van der Waals surface area contributed by atoms with Gasteiger partial charge in [-0.2, -0.15) is 11.8 Å². The normalized spacial score (nSPS) is 42.9. The van der Waals surface area contributed by atoms with Crippen LogP contribution >= 0.6 is 11.8 Å². The molecule has 0 aromatic heterocycles. The summed E-state index contributed by atoms with van der Waals surface area (Å²) in [5.41, 5.74) is 0. The zero-order valence-electron chi connectivity index (χ0n) is 11.2. The summed E-state index contributed by atoms with van der Waals surface area (Å²) in [5, 5.41) is 4.92. The third-order valence-electron chi connectivity index (χ3n) is 5.19. The van der Waals surface area contributed by atoms with Crippen molar-refractivity contribution in [3.8, 4) is 0 Å². The van der Waals surface area contributed by atoms with Gasteiger partial charge in [0, 0.05) is 17.3 Å². The highest BCUT2D eigenvalue weighted by Gasteiger charge is 2.35. The predicted molar refractivity (Wildman–Crippen MR) is 76.5 cm³/mol. The minimum atomic E-state index is 0.843. The molecular formula is C15H27NS. The summed E-state index contributed by atoms with van der Waals surface area (Å²) in [5.74, 6) is 2.21. The molecule has 3 aliphatic rings. The number of nitrogens with one attached hydrogen (secondary N) is 1. The molecule has 0 aromatic carbocycles. The van der Waals surface area contributed by atoms with Crippen molar-refractivity contribution in [1.82, 2.24) is 5.32 Å². The van der Waals surface area contributed by atoms with Gasteiger partial charge >= 0.3 is 0 Å². The molecule has 0 saturated heterocycles. The SMILES string of the molecule is CSC1CCC(NC2CCCC(C3CC3)C2)C1. The van der Waals surface area contributed by atoms with Crippen LogP contribution in [0.5, 0.6) is 0 Å². The number of rotatable bonds is 4. The first kappa shape index (κ1) is 12.3. The molecule has 2 heteroatoms. The highest BCUT2D eigenvalue weighted by Crippen LogP contribution is 2.44. The lowest BCUT2D eigenvalue weighted by Crippen LogP contribution is -2.40. The average Bonchev–Trinajstić information content (AvgIpc) is 3.11. The summed E-state index contributed by atoms with van der Waals surface area (Å²) in [6.07, 6.45) is 15.6. The quantitative estimate of drug-likeness (QED) is 0.817. The van der Waals surface area contributed by atoms with E-state index >= 15 is 0 Å². The van der Waals surface area contributed by atoms with Crippen molar-refractivity contribution in [2.24, 2.45) is 11.8 Å². The summed E-state index contributed by atoms with van der Waals surface area (Å²) in [6, 6.07) is 1.70. The Kier molecular flexibility index (Phi) is 4.01. The van der Waals surface area contributed by atoms with Crippen LogP contribution in [0.25, 0.3) is 0 Å². The summed E-state index contributed by atoms with van der Waals surface area (Å²) in [4.78, 5) is 0. The molecule has 0 aliphatic heterocycles. The van der Waals surface area contributed by atoms with Crippen molar-refractivity contribution in [1.29, 1.82) is 0 Å². The standard InChI is InChI=1S/C15H27NS/c1-17-15-8-7-14(10-15)16-13-4-2-3-12(9-13)11-5-6-11/h11-16H,2-10H2,1H3. The fraction of sp³-hybridized carbons (Fsp3) is 1.00. The molecular weight excluding hydrogens is 226 g/mol. The number of hydrogen-bond acceptors (Lipinski definition) is 2. The van der Waals surface area contributed by atoms with Crippen molar-refractivity contribution >= 4 is 11.8 Å². The topological polar surface area (TPSA) is 12.0 Å². The molecule has 1 nitrogen and oxygen atoms in total. The van der Waals surface area contributed by atoms with Crippen LogP contribution in [0.3, 0.4) is 0 Å². The zero-order valence-corrected chi connectivity index (χ0v) is 12.0. The van der Waals surface area contributed by atoms with E-state index in [1.165, 1.54) is 57.8 Å². The molecule has 17 heavy (non-hydrogen) atoms. The molecule has 0 aromatic rings. The van der Waals surface area contributed by atoms with Gasteiger partial charge in [0.25, 0.3) is 0 Å². The lowest BCUT2D eigenvalue weighted by molar-refractivity contribution is 0.246. The van der Waals surface area contributed by atoms with Crippen molar-refractivity contribution < 1.29 is 0 Å². The van der Waals surface area contributed by atoms with Gasteiger partial charge in [-0.15, -0.1) is 0 Å².